The first-order valence-electron chi connectivity index (χ1n) is 6.23. The van der Waals surface area contributed by atoms with Crippen molar-refractivity contribution in [3.8, 4) is 0 Å². The number of anilines is 1. The van der Waals surface area contributed by atoms with Gasteiger partial charge < -0.3 is 9.73 Å². The molecule has 0 bridgehead atoms. The number of hydrogen-bond acceptors (Lipinski definition) is 5. The Bertz CT molecular complexity index is 714. The lowest BCUT2D eigenvalue weighted by atomic mass is 10.3. The van der Waals surface area contributed by atoms with E-state index in [1.807, 2.05) is 6.92 Å². The lowest BCUT2D eigenvalue weighted by Crippen LogP contribution is -2.14. The van der Waals surface area contributed by atoms with Gasteiger partial charge in [-0.15, -0.1) is 0 Å². The Kier molecular flexibility index (Phi) is 4.56. The molecule has 8 heteroatoms. The maximum absolute atomic E-state index is 12.6. The summed E-state index contributed by atoms with van der Waals surface area (Å²) in [6, 6.07) is 5.50. The zero-order valence-electron chi connectivity index (χ0n) is 11.2. The minimum absolute atomic E-state index is 0.0917. The van der Waals surface area contributed by atoms with Crippen LogP contribution in [0.15, 0.2) is 39.8 Å². The topological polar surface area (TPSA) is 72.2 Å². The van der Waals surface area contributed by atoms with Gasteiger partial charge in [-0.05, 0) is 12.1 Å². The van der Waals surface area contributed by atoms with E-state index >= 15 is 0 Å². The lowest BCUT2D eigenvalue weighted by Gasteiger charge is -2.10. The van der Waals surface area contributed by atoms with Crippen LogP contribution in [0.25, 0.3) is 0 Å². The number of halogens is 2. The molecule has 0 amide bonds. The van der Waals surface area contributed by atoms with Crippen molar-refractivity contribution in [2.24, 2.45) is 0 Å². The molecule has 0 atom stereocenters. The van der Waals surface area contributed by atoms with Crippen molar-refractivity contribution in [3.63, 3.8) is 0 Å². The summed E-state index contributed by atoms with van der Waals surface area (Å²) in [4.78, 5) is 3.56. The summed E-state index contributed by atoms with van der Waals surface area (Å²) in [5, 5.41) is 2.76. The molecule has 2 aromatic rings. The molecular formula is C13H14F2N2O3S. The SMILES string of the molecule is CCc1cnc(CNc2ccccc2S(=O)(=O)C(F)F)o1. The Morgan fingerprint density at radius 3 is 2.67 bits per heavy atom. The van der Waals surface area contributed by atoms with Gasteiger partial charge in [-0.1, -0.05) is 19.1 Å². The fourth-order valence-corrected chi connectivity index (χ4v) is 2.63. The van der Waals surface area contributed by atoms with E-state index in [9.17, 15) is 17.2 Å². The molecule has 0 aliphatic carbocycles. The van der Waals surface area contributed by atoms with Gasteiger partial charge in [0.1, 0.15) is 5.76 Å². The van der Waals surface area contributed by atoms with Gasteiger partial charge in [-0.2, -0.15) is 8.78 Å². The van der Waals surface area contributed by atoms with E-state index in [-0.39, 0.29) is 12.2 Å². The number of nitrogens with one attached hydrogen (secondary N) is 1. The van der Waals surface area contributed by atoms with Crippen LogP contribution in [0, 0.1) is 0 Å². The molecule has 1 N–H and O–H groups in total. The predicted molar refractivity (Wildman–Crippen MR) is 72.8 cm³/mol. The normalized spacial score (nSPS) is 11.8. The largest absolute Gasteiger partial charge is 0.444 e. The highest BCUT2D eigenvalue weighted by Crippen LogP contribution is 2.26. The summed E-state index contributed by atoms with van der Waals surface area (Å²) >= 11 is 0. The highest BCUT2D eigenvalue weighted by atomic mass is 32.2. The fraction of sp³-hybridized carbons (Fsp3) is 0.308. The molecule has 5 nitrogen and oxygen atoms in total. The number of aryl methyl sites for hydroxylation is 1. The summed E-state index contributed by atoms with van der Waals surface area (Å²) in [6.45, 7) is 2.01. The molecule has 0 saturated carbocycles. The van der Waals surface area contributed by atoms with Crippen LogP contribution < -0.4 is 5.32 Å². The van der Waals surface area contributed by atoms with Crippen LogP contribution in [0.5, 0.6) is 0 Å². The van der Waals surface area contributed by atoms with Crippen molar-refractivity contribution in [2.45, 2.75) is 30.5 Å². The monoisotopic (exact) mass is 316 g/mol. The van der Waals surface area contributed by atoms with Gasteiger partial charge >= 0.3 is 5.76 Å². The Morgan fingerprint density at radius 1 is 1.33 bits per heavy atom. The van der Waals surface area contributed by atoms with Crippen LogP contribution in [0.2, 0.25) is 0 Å². The summed E-state index contributed by atoms with van der Waals surface area (Å²) in [5.74, 6) is -2.41. The van der Waals surface area contributed by atoms with Crippen LogP contribution in [-0.2, 0) is 22.8 Å². The van der Waals surface area contributed by atoms with Crippen molar-refractivity contribution in [1.29, 1.82) is 0 Å². The zero-order valence-corrected chi connectivity index (χ0v) is 12.0. The molecule has 0 fully saturated rings. The van der Waals surface area contributed by atoms with Gasteiger partial charge in [-0.3, -0.25) is 0 Å². The van der Waals surface area contributed by atoms with Gasteiger partial charge in [0.05, 0.1) is 23.3 Å². The molecule has 21 heavy (non-hydrogen) atoms. The number of para-hydroxylation sites is 1. The number of hydrogen-bond donors (Lipinski definition) is 1. The van der Waals surface area contributed by atoms with E-state index in [0.29, 0.717) is 18.1 Å². The molecule has 0 unspecified atom stereocenters. The second-order valence-electron chi connectivity index (χ2n) is 4.23. The van der Waals surface area contributed by atoms with Crippen molar-refractivity contribution >= 4 is 15.5 Å². The zero-order chi connectivity index (χ0) is 15.5. The average molecular weight is 316 g/mol. The van der Waals surface area contributed by atoms with Crippen molar-refractivity contribution < 1.29 is 21.6 Å². The van der Waals surface area contributed by atoms with Gasteiger partial charge in [0.2, 0.25) is 15.7 Å². The van der Waals surface area contributed by atoms with E-state index < -0.39 is 20.5 Å². The van der Waals surface area contributed by atoms with Crippen LogP contribution in [0.3, 0.4) is 0 Å². The molecule has 0 saturated heterocycles. The van der Waals surface area contributed by atoms with Crippen LogP contribution in [0.1, 0.15) is 18.6 Å². The van der Waals surface area contributed by atoms with E-state index in [0.717, 1.165) is 6.07 Å². The van der Waals surface area contributed by atoms with Gasteiger partial charge in [0.15, 0.2) is 0 Å². The highest BCUT2D eigenvalue weighted by Gasteiger charge is 2.28. The van der Waals surface area contributed by atoms with Crippen molar-refractivity contribution in [1.82, 2.24) is 4.98 Å². The number of aromatic nitrogens is 1. The molecule has 1 aromatic carbocycles. The fourth-order valence-electron chi connectivity index (χ4n) is 1.72. The Hall–Kier alpha value is -1.96. The first-order valence-corrected chi connectivity index (χ1v) is 7.78. The van der Waals surface area contributed by atoms with E-state index in [1.54, 1.807) is 12.3 Å². The third-order valence-electron chi connectivity index (χ3n) is 2.81. The Morgan fingerprint density at radius 2 is 2.05 bits per heavy atom. The van der Waals surface area contributed by atoms with E-state index in [1.165, 1.54) is 12.1 Å². The summed E-state index contributed by atoms with van der Waals surface area (Å²) < 4.78 is 53.8. The number of sulfone groups is 1. The number of rotatable bonds is 6. The molecule has 2 rings (SSSR count). The first kappa shape index (κ1) is 15.4. The maximum Gasteiger partial charge on any atom is 0.341 e. The molecule has 0 aliphatic heterocycles. The number of benzene rings is 1. The van der Waals surface area contributed by atoms with Crippen molar-refractivity contribution in [2.75, 3.05) is 5.32 Å². The minimum Gasteiger partial charge on any atom is -0.444 e. The summed E-state index contributed by atoms with van der Waals surface area (Å²) in [5.41, 5.74) is 0.0917. The number of nitrogens with zero attached hydrogens (tertiary/aromatic N) is 1. The molecule has 114 valence electrons. The molecule has 0 spiro atoms. The first-order chi connectivity index (χ1) is 9.95. The van der Waals surface area contributed by atoms with E-state index in [2.05, 4.69) is 10.3 Å². The van der Waals surface area contributed by atoms with Crippen LogP contribution >= 0.6 is 0 Å². The second-order valence-corrected chi connectivity index (χ2v) is 6.12. The molecule has 0 radical (unpaired) electrons. The van der Waals surface area contributed by atoms with Crippen molar-refractivity contribution in [3.05, 3.63) is 42.1 Å². The third kappa shape index (κ3) is 3.38. The number of alkyl halides is 2. The molecular weight excluding hydrogens is 302 g/mol. The quantitative estimate of drug-likeness (QED) is 0.887. The predicted octanol–water partition coefficient (Wildman–Crippen LogP) is 2.85. The standard InChI is InChI=1S/C13H14F2N2O3S/c1-2-9-7-17-12(20-9)8-16-10-5-3-4-6-11(10)21(18,19)13(14)15/h3-7,13,16H,2,8H2,1H3. The Balaban J connectivity index is 2.21. The molecule has 0 aliphatic rings. The van der Waals surface area contributed by atoms with Gasteiger partial charge in [0.25, 0.3) is 0 Å². The minimum atomic E-state index is -4.66. The smallest absolute Gasteiger partial charge is 0.341 e. The lowest BCUT2D eigenvalue weighted by molar-refractivity contribution is 0.235. The average Bonchev–Trinajstić information content (AvgIpc) is 2.93. The number of oxazole rings is 1. The Labute approximate surface area is 120 Å². The summed E-state index contributed by atoms with van der Waals surface area (Å²) in [7, 11) is -4.66. The van der Waals surface area contributed by atoms with Gasteiger partial charge in [0, 0.05) is 6.42 Å². The molecule has 1 aromatic heterocycles. The highest BCUT2D eigenvalue weighted by molar-refractivity contribution is 7.91. The third-order valence-corrected chi connectivity index (χ3v) is 4.25. The second kappa shape index (κ2) is 6.21. The summed E-state index contributed by atoms with van der Waals surface area (Å²) in [6.07, 6.45) is 2.25. The van der Waals surface area contributed by atoms with Crippen LogP contribution in [0.4, 0.5) is 14.5 Å². The maximum atomic E-state index is 12.6. The molecule has 1 heterocycles. The van der Waals surface area contributed by atoms with Gasteiger partial charge in [-0.25, -0.2) is 13.4 Å². The van der Waals surface area contributed by atoms with E-state index in [4.69, 9.17) is 4.42 Å². The van der Waals surface area contributed by atoms with Crippen LogP contribution in [-0.4, -0.2) is 19.2 Å².